The second-order valence-electron chi connectivity index (χ2n) is 9.68. The molecule has 2 aromatic rings. The van der Waals surface area contributed by atoms with Gasteiger partial charge in [-0.3, -0.25) is 4.79 Å². The number of rotatable bonds is 4. The second kappa shape index (κ2) is 6.57. The predicted molar refractivity (Wildman–Crippen MR) is 119 cm³/mol. The topological polar surface area (TPSA) is 145 Å². The Bertz CT molecular complexity index is 1400. The van der Waals surface area contributed by atoms with Crippen molar-refractivity contribution in [3.63, 3.8) is 0 Å². The zero-order valence-corrected chi connectivity index (χ0v) is 19.4. The van der Waals surface area contributed by atoms with Crippen LogP contribution in [0.5, 0.6) is 17.2 Å². The van der Waals surface area contributed by atoms with Crippen LogP contribution in [0.15, 0.2) is 11.2 Å². The number of methoxy groups -OCH3 is 2. The normalized spacial score (nSPS) is 35.5. The molecule has 1 N–H and O–H groups in total. The molecule has 1 spiro atoms. The third-order valence-corrected chi connectivity index (χ3v) is 8.21. The van der Waals surface area contributed by atoms with Crippen LogP contribution in [0.2, 0.25) is 0 Å². The van der Waals surface area contributed by atoms with E-state index in [2.05, 4.69) is 10.0 Å². The van der Waals surface area contributed by atoms with Crippen LogP contribution in [0.4, 0.5) is 0 Å². The molecule has 1 aliphatic carbocycles. The van der Waals surface area contributed by atoms with Crippen molar-refractivity contribution in [3.8, 4) is 17.2 Å². The first-order valence-electron chi connectivity index (χ1n) is 11.6. The molecule has 35 heavy (non-hydrogen) atoms. The monoisotopic (exact) mass is 481 g/mol. The zero-order valence-electron chi connectivity index (χ0n) is 19.4. The fourth-order valence-electron chi connectivity index (χ4n) is 6.71. The lowest BCUT2D eigenvalue weighted by Crippen LogP contribution is -2.67. The summed E-state index contributed by atoms with van der Waals surface area (Å²) in [5.41, 5.74) is 10.3. The van der Waals surface area contributed by atoms with Gasteiger partial charge in [0.25, 0.3) is 5.79 Å². The summed E-state index contributed by atoms with van der Waals surface area (Å²) in [7, 11) is 3.06. The minimum absolute atomic E-state index is 0.117. The number of ether oxygens (including phenoxy) is 6. The van der Waals surface area contributed by atoms with Gasteiger partial charge in [0.1, 0.15) is 23.4 Å². The first kappa shape index (κ1) is 21.2. The summed E-state index contributed by atoms with van der Waals surface area (Å²) in [6.45, 7) is 2.02. The minimum Gasteiger partial charge on any atom is -0.506 e. The quantitative estimate of drug-likeness (QED) is 0.303. The average molecular weight is 481 g/mol. The standard InChI is InChI=1S/C24H23N3O8/c1-10-7-12-16(17(29)15-11(18(12)30-2)5-4-6-13(15)28)19-14(10)20-21-24(31-3,34-19)22(9-32-22)23(33-20,35-21)8-26-27-25/h7,20-21,29H,4-6,8-9H2,1-3H3/t20?,21?,22-,23?,24-/m1/s1. The van der Waals surface area contributed by atoms with Gasteiger partial charge in [0, 0.05) is 35.0 Å². The van der Waals surface area contributed by atoms with E-state index in [1.807, 2.05) is 13.0 Å². The van der Waals surface area contributed by atoms with Crippen LogP contribution in [0.1, 0.15) is 46.0 Å². The largest absolute Gasteiger partial charge is 0.506 e. The number of carbonyl (C=O) groups excluding carboxylic acids is 1. The van der Waals surface area contributed by atoms with E-state index < -0.39 is 29.4 Å². The molecular formula is C24H23N3O8. The highest BCUT2D eigenvalue weighted by Gasteiger charge is 2.91. The van der Waals surface area contributed by atoms with E-state index in [1.54, 1.807) is 7.11 Å². The maximum Gasteiger partial charge on any atom is 0.276 e. The maximum absolute atomic E-state index is 12.9. The molecule has 182 valence electrons. The molecule has 0 aromatic heterocycles. The Kier molecular flexibility index (Phi) is 3.98. The number of benzene rings is 2. The van der Waals surface area contributed by atoms with E-state index in [4.69, 9.17) is 34.0 Å². The van der Waals surface area contributed by atoms with Crippen LogP contribution in [0.25, 0.3) is 21.2 Å². The number of nitrogens with zero attached hydrogens (tertiary/aromatic N) is 3. The third-order valence-electron chi connectivity index (χ3n) is 8.21. The van der Waals surface area contributed by atoms with Crippen LogP contribution in [-0.4, -0.2) is 61.5 Å². The number of phenols is 1. The molecule has 0 amide bonds. The van der Waals surface area contributed by atoms with E-state index >= 15 is 0 Å². The molecule has 5 aliphatic rings. The van der Waals surface area contributed by atoms with Gasteiger partial charge in [0.05, 0.1) is 31.2 Å². The molecule has 11 heteroatoms. The zero-order chi connectivity index (χ0) is 24.3. The molecule has 0 saturated carbocycles. The third kappa shape index (κ3) is 2.18. The molecule has 4 aliphatic heterocycles. The number of aryl methyl sites for hydroxylation is 1. The minimum atomic E-state index is -1.41. The molecule has 3 saturated heterocycles. The molecule has 2 bridgehead atoms. The fraction of sp³-hybridized carbons (Fsp3) is 0.542. The van der Waals surface area contributed by atoms with Gasteiger partial charge < -0.3 is 33.5 Å². The van der Waals surface area contributed by atoms with Gasteiger partial charge in [-0.15, -0.1) is 0 Å². The van der Waals surface area contributed by atoms with E-state index in [-0.39, 0.29) is 30.2 Å². The molecule has 5 atom stereocenters. The number of hydrogen-bond acceptors (Lipinski definition) is 9. The van der Waals surface area contributed by atoms with Crippen LogP contribution in [0, 0.1) is 6.92 Å². The van der Waals surface area contributed by atoms with Crippen LogP contribution in [-0.2, 0) is 25.4 Å². The van der Waals surface area contributed by atoms with Gasteiger partial charge in [-0.05, 0) is 36.9 Å². The second-order valence-corrected chi connectivity index (χ2v) is 9.68. The first-order chi connectivity index (χ1) is 16.9. The number of hydrogen-bond donors (Lipinski definition) is 1. The van der Waals surface area contributed by atoms with Crippen molar-refractivity contribution in [3.05, 3.63) is 38.8 Å². The van der Waals surface area contributed by atoms with Gasteiger partial charge in [-0.1, -0.05) is 5.11 Å². The summed E-state index contributed by atoms with van der Waals surface area (Å²) in [5.74, 6) is -2.14. The summed E-state index contributed by atoms with van der Waals surface area (Å²) in [5, 5.41) is 16.2. The van der Waals surface area contributed by atoms with Crippen molar-refractivity contribution >= 4 is 16.6 Å². The molecule has 7 rings (SSSR count). The van der Waals surface area contributed by atoms with Crippen molar-refractivity contribution in [1.29, 1.82) is 0 Å². The SMILES string of the molecule is COc1c2c(c(O)c3c4c(c(C)cc13)C1OC3(CN=[N+]=[N-])OC1[C@@](OC)(O4)[C@@]31CO1)C(=O)CCC2. The highest BCUT2D eigenvalue weighted by atomic mass is 16.9. The van der Waals surface area contributed by atoms with Gasteiger partial charge >= 0.3 is 0 Å². The number of azide groups is 1. The van der Waals surface area contributed by atoms with Gasteiger partial charge in [-0.25, -0.2) is 0 Å². The van der Waals surface area contributed by atoms with E-state index in [1.165, 1.54) is 7.11 Å². The number of fused-ring (bicyclic) bond motifs is 8. The van der Waals surface area contributed by atoms with E-state index in [0.717, 1.165) is 5.56 Å². The average Bonchev–Trinajstić information content (AvgIpc) is 3.51. The highest BCUT2D eigenvalue weighted by Crippen LogP contribution is 2.71. The van der Waals surface area contributed by atoms with E-state index in [0.29, 0.717) is 52.7 Å². The van der Waals surface area contributed by atoms with Crippen molar-refractivity contribution in [2.24, 2.45) is 5.11 Å². The van der Waals surface area contributed by atoms with Crippen molar-refractivity contribution < 1.29 is 38.3 Å². The molecule has 3 fully saturated rings. The Morgan fingerprint density at radius 2 is 2.11 bits per heavy atom. The summed E-state index contributed by atoms with van der Waals surface area (Å²) >= 11 is 0. The molecule has 4 heterocycles. The highest BCUT2D eigenvalue weighted by molar-refractivity contribution is 6.11. The van der Waals surface area contributed by atoms with Crippen LogP contribution in [0.3, 0.4) is 0 Å². The summed E-state index contributed by atoms with van der Waals surface area (Å²) in [4.78, 5) is 15.8. The molecule has 3 unspecified atom stereocenters. The van der Waals surface area contributed by atoms with Crippen LogP contribution < -0.4 is 9.47 Å². The number of aromatic hydroxyl groups is 1. The van der Waals surface area contributed by atoms with Crippen molar-refractivity contribution in [2.75, 3.05) is 27.4 Å². The fourth-order valence-corrected chi connectivity index (χ4v) is 6.71. The molecule has 2 aromatic carbocycles. The Morgan fingerprint density at radius 3 is 2.80 bits per heavy atom. The van der Waals surface area contributed by atoms with Gasteiger partial charge in [-0.2, -0.15) is 0 Å². The lowest BCUT2D eigenvalue weighted by molar-refractivity contribution is -0.286. The van der Waals surface area contributed by atoms with E-state index in [9.17, 15) is 9.90 Å². The number of phenolic OH excluding ortho intramolecular Hbond substituents is 1. The lowest BCUT2D eigenvalue weighted by atomic mass is 9.78. The van der Waals surface area contributed by atoms with Gasteiger partial charge in [0.15, 0.2) is 11.9 Å². The number of ketones is 1. The predicted octanol–water partition coefficient (Wildman–Crippen LogP) is 3.36. The maximum atomic E-state index is 12.9. The Hall–Kier alpha value is -3.08. The molecule has 0 radical (unpaired) electrons. The molecule has 11 nitrogen and oxygen atoms in total. The van der Waals surface area contributed by atoms with Crippen LogP contribution >= 0.6 is 0 Å². The van der Waals surface area contributed by atoms with Gasteiger partial charge in [0.2, 0.25) is 11.4 Å². The van der Waals surface area contributed by atoms with Crippen molar-refractivity contribution in [1.82, 2.24) is 0 Å². The Labute approximate surface area is 199 Å². The number of epoxide rings is 1. The number of carbonyl (C=O) groups is 1. The Balaban J connectivity index is 1.54. The summed E-state index contributed by atoms with van der Waals surface area (Å²) in [6.07, 6.45) is 0.349. The van der Waals surface area contributed by atoms with Crippen molar-refractivity contribution in [2.45, 2.75) is 55.6 Å². The smallest absolute Gasteiger partial charge is 0.276 e. The molecular weight excluding hydrogens is 458 g/mol. The number of Topliss-reactive ketones (excluding diaryl/α,β-unsaturated/α-hetero) is 1. The lowest BCUT2D eigenvalue weighted by Gasteiger charge is -2.48. The summed E-state index contributed by atoms with van der Waals surface area (Å²) < 4.78 is 37.1. The summed E-state index contributed by atoms with van der Waals surface area (Å²) in [6, 6.07) is 1.91. The Morgan fingerprint density at radius 1 is 1.31 bits per heavy atom. The first-order valence-corrected chi connectivity index (χ1v) is 11.6.